The van der Waals surface area contributed by atoms with E-state index in [1.54, 1.807) is 26.8 Å². The predicted molar refractivity (Wildman–Crippen MR) is 128 cm³/mol. The minimum Gasteiger partial charge on any atom is -0.458 e. The SMILES string of the molecule is CC(C)(C)OC(=O)C(NC(=O)CC1CSc2cc(Br)cc3[nH]c(=O)c(=O)n1c23)C(C)(C)C. The Balaban J connectivity index is 1.91. The zero-order valence-electron chi connectivity index (χ0n) is 19.0. The van der Waals surface area contributed by atoms with Crippen molar-refractivity contribution in [2.75, 3.05) is 5.75 Å². The van der Waals surface area contributed by atoms with Crippen LogP contribution in [0, 0.1) is 5.41 Å². The summed E-state index contributed by atoms with van der Waals surface area (Å²) in [6.45, 7) is 10.8. The summed E-state index contributed by atoms with van der Waals surface area (Å²) in [6.07, 6.45) is -0.0453. The molecule has 0 saturated carbocycles. The lowest BCUT2D eigenvalue weighted by molar-refractivity contribution is -0.161. The van der Waals surface area contributed by atoms with Crippen molar-refractivity contribution < 1.29 is 14.3 Å². The molecule has 0 radical (unpaired) electrons. The summed E-state index contributed by atoms with van der Waals surface area (Å²) >= 11 is 4.94. The minimum atomic E-state index is -0.857. The Bertz CT molecular complexity index is 1190. The van der Waals surface area contributed by atoms with Gasteiger partial charge in [0, 0.05) is 21.5 Å². The van der Waals surface area contributed by atoms with Crippen LogP contribution in [-0.2, 0) is 14.3 Å². The van der Waals surface area contributed by atoms with E-state index in [0.29, 0.717) is 16.8 Å². The molecule has 1 aliphatic heterocycles. The number of nitrogens with one attached hydrogen (secondary N) is 2. The summed E-state index contributed by atoms with van der Waals surface area (Å²) in [5.74, 6) is -0.452. The van der Waals surface area contributed by atoms with Gasteiger partial charge in [0.15, 0.2) is 0 Å². The molecule has 0 spiro atoms. The van der Waals surface area contributed by atoms with Crippen LogP contribution in [0.15, 0.2) is 31.1 Å². The molecule has 2 atom stereocenters. The average molecular weight is 526 g/mol. The number of halogens is 1. The van der Waals surface area contributed by atoms with Gasteiger partial charge in [0.05, 0.1) is 17.1 Å². The van der Waals surface area contributed by atoms with Crippen LogP contribution in [0.25, 0.3) is 11.0 Å². The standard InChI is InChI=1S/C22H28BrN3O5S/c1-21(2,3)17(20(30)31-22(4,5)6)25-15(27)9-12-10-32-14-8-11(23)7-13-16(14)26(12)19(29)18(28)24-13/h7-8,12,17H,9-10H2,1-6H3,(H,24,28)(H,25,27). The summed E-state index contributed by atoms with van der Waals surface area (Å²) < 4.78 is 7.69. The second-order valence-electron chi connectivity index (χ2n) is 10.00. The summed E-state index contributed by atoms with van der Waals surface area (Å²) in [6, 6.07) is 2.24. The molecule has 10 heteroatoms. The van der Waals surface area contributed by atoms with Gasteiger partial charge in [0.25, 0.3) is 0 Å². The third kappa shape index (κ3) is 5.28. The van der Waals surface area contributed by atoms with Crippen molar-refractivity contribution in [2.24, 2.45) is 5.41 Å². The Kier molecular flexibility index (Phi) is 6.68. The van der Waals surface area contributed by atoms with E-state index in [9.17, 15) is 19.2 Å². The van der Waals surface area contributed by atoms with Crippen LogP contribution in [0.5, 0.6) is 0 Å². The third-order valence-electron chi connectivity index (χ3n) is 4.97. The second-order valence-corrected chi connectivity index (χ2v) is 12.0. The number of benzene rings is 1. The Hall–Kier alpha value is -2.07. The zero-order chi connectivity index (χ0) is 24.0. The quantitative estimate of drug-likeness (QED) is 0.467. The molecule has 2 N–H and O–H groups in total. The van der Waals surface area contributed by atoms with Crippen molar-refractivity contribution in [3.8, 4) is 0 Å². The number of carbonyl (C=O) groups excluding carboxylic acids is 2. The van der Waals surface area contributed by atoms with E-state index in [0.717, 1.165) is 9.37 Å². The van der Waals surface area contributed by atoms with Gasteiger partial charge in [0.2, 0.25) is 5.91 Å². The number of hydrogen-bond acceptors (Lipinski definition) is 6. The Morgan fingerprint density at radius 1 is 1.25 bits per heavy atom. The highest BCUT2D eigenvalue weighted by Gasteiger charge is 2.37. The van der Waals surface area contributed by atoms with E-state index in [-0.39, 0.29) is 12.3 Å². The largest absolute Gasteiger partial charge is 0.458 e. The first kappa shape index (κ1) is 24.6. The fourth-order valence-electron chi connectivity index (χ4n) is 3.60. The fraction of sp³-hybridized carbons (Fsp3) is 0.545. The molecule has 0 fully saturated rings. The van der Waals surface area contributed by atoms with Gasteiger partial charge in [-0.25, -0.2) is 4.79 Å². The lowest BCUT2D eigenvalue weighted by Crippen LogP contribution is -2.52. The van der Waals surface area contributed by atoms with E-state index in [2.05, 4.69) is 26.2 Å². The van der Waals surface area contributed by atoms with Gasteiger partial charge in [-0.2, -0.15) is 0 Å². The smallest absolute Gasteiger partial charge is 0.329 e. The van der Waals surface area contributed by atoms with Gasteiger partial charge < -0.3 is 15.0 Å². The zero-order valence-corrected chi connectivity index (χ0v) is 21.4. The minimum absolute atomic E-state index is 0.0453. The van der Waals surface area contributed by atoms with Crippen LogP contribution in [0.2, 0.25) is 0 Å². The summed E-state index contributed by atoms with van der Waals surface area (Å²) in [4.78, 5) is 54.1. The van der Waals surface area contributed by atoms with Gasteiger partial charge >= 0.3 is 17.1 Å². The van der Waals surface area contributed by atoms with Crippen molar-refractivity contribution in [1.29, 1.82) is 0 Å². The van der Waals surface area contributed by atoms with Gasteiger partial charge in [0.1, 0.15) is 11.6 Å². The summed E-state index contributed by atoms with van der Waals surface area (Å²) in [5, 5.41) is 2.79. The van der Waals surface area contributed by atoms with Crippen molar-refractivity contribution in [3.05, 3.63) is 37.3 Å². The Morgan fingerprint density at radius 2 is 1.91 bits per heavy atom. The Labute approximate surface area is 198 Å². The molecule has 3 rings (SSSR count). The van der Waals surface area contributed by atoms with E-state index < -0.39 is 40.2 Å². The van der Waals surface area contributed by atoms with E-state index in [1.165, 1.54) is 16.3 Å². The molecule has 2 heterocycles. The average Bonchev–Trinajstić information content (AvgIpc) is 2.62. The van der Waals surface area contributed by atoms with Gasteiger partial charge in [-0.1, -0.05) is 36.7 Å². The van der Waals surface area contributed by atoms with Crippen LogP contribution in [0.4, 0.5) is 0 Å². The number of hydrogen-bond donors (Lipinski definition) is 2. The molecular formula is C22H28BrN3O5S. The van der Waals surface area contributed by atoms with Gasteiger partial charge in [-0.05, 0) is 38.3 Å². The van der Waals surface area contributed by atoms with Crippen LogP contribution in [0.1, 0.15) is 54.0 Å². The number of esters is 1. The van der Waals surface area contributed by atoms with Gasteiger partial charge in [-0.15, -0.1) is 11.8 Å². The fourth-order valence-corrected chi connectivity index (χ4v) is 5.40. The van der Waals surface area contributed by atoms with Gasteiger partial charge in [-0.3, -0.25) is 19.0 Å². The topological polar surface area (TPSA) is 110 Å². The molecule has 0 saturated heterocycles. The third-order valence-corrected chi connectivity index (χ3v) is 6.60. The molecule has 0 bridgehead atoms. The second kappa shape index (κ2) is 8.70. The lowest BCUT2D eigenvalue weighted by atomic mass is 9.86. The highest BCUT2D eigenvalue weighted by Crippen LogP contribution is 2.38. The van der Waals surface area contributed by atoms with Crippen molar-refractivity contribution in [2.45, 2.75) is 70.5 Å². The van der Waals surface area contributed by atoms with Crippen LogP contribution in [0.3, 0.4) is 0 Å². The first-order valence-corrected chi connectivity index (χ1v) is 12.1. The highest BCUT2D eigenvalue weighted by atomic mass is 79.9. The number of H-pyrrole nitrogens is 1. The maximum absolute atomic E-state index is 13.0. The molecule has 1 amide bonds. The maximum Gasteiger partial charge on any atom is 0.329 e. The number of thioether (sulfide) groups is 1. The number of aromatic nitrogens is 2. The maximum atomic E-state index is 13.0. The first-order chi connectivity index (χ1) is 14.7. The predicted octanol–water partition coefficient (Wildman–Crippen LogP) is 3.36. The number of carbonyl (C=O) groups is 2. The van der Waals surface area contributed by atoms with E-state index in [4.69, 9.17) is 4.74 Å². The number of rotatable bonds is 4. The molecule has 8 nitrogen and oxygen atoms in total. The lowest BCUT2D eigenvalue weighted by Gasteiger charge is -2.33. The number of aromatic amines is 1. The first-order valence-electron chi connectivity index (χ1n) is 10.3. The molecule has 0 aliphatic carbocycles. The van der Waals surface area contributed by atoms with Crippen LogP contribution in [-0.4, -0.2) is 38.8 Å². The number of amides is 1. The molecule has 2 aromatic rings. The van der Waals surface area contributed by atoms with E-state index >= 15 is 0 Å². The highest BCUT2D eigenvalue weighted by molar-refractivity contribution is 9.10. The molecule has 1 aliphatic rings. The molecule has 174 valence electrons. The summed E-state index contributed by atoms with van der Waals surface area (Å²) in [7, 11) is 0. The van der Waals surface area contributed by atoms with Crippen molar-refractivity contribution in [1.82, 2.24) is 14.9 Å². The molecule has 32 heavy (non-hydrogen) atoms. The van der Waals surface area contributed by atoms with Crippen molar-refractivity contribution in [3.63, 3.8) is 0 Å². The van der Waals surface area contributed by atoms with E-state index in [1.807, 2.05) is 26.8 Å². The number of nitrogens with zero attached hydrogens (tertiary/aromatic N) is 1. The Morgan fingerprint density at radius 3 is 2.50 bits per heavy atom. The molecule has 2 unspecified atom stereocenters. The monoisotopic (exact) mass is 525 g/mol. The molecule has 1 aromatic heterocycles. The summed E-state index contributed by atoms with van der Waals surface area (Å²) in [5.41, 5.74) is -1.57. The van der Waals surface area contributed by atoms with Crippen LogP contribution >= 0.6 is 27.7 Å². The van der Waals surface area contributed by atoms with Crippen LogP contribution < -0.4 is 16.4 Å². The normalized spacial score (nSPS) is 17.2. The van der Waals surface area contributed by atoms with Crippen molar-refractivity contribution >= 4 is 50.6 Å². The molecular weight excluding hydrogens is 498 g/mol. The number of ether oxygens (including phenoxy) is 1. The molecule has 1 aromatic carbocycles.